The molecule has 1 aromatic rings. The largest absolute Gasteiger partial charge is 0.271 e. The number of carbonyl (C=O) groups excluding carboxylic acids is 2. The third kappa shape index (κ3) is 3.02. The van der Waals surface area contributed by atoms with Gasteiger partial charge in [0, 0.05) is 11.3 Å². The number of thioether (sulfide) groups is 1. The van der Waals surface area contributed by atoms with Gasteiger partial charge in [-0.15, -0.1) is 11.8 Å². The van der Waals surface area contributed by atoms with Crippen molar-refractivity contribution in [2.45, 2.75) is 39.0 Å². The lowest BCUT2D eigenvalue weighted by atomic mass is 10.1. The van der Waals surface area contributed by atoms with Gasteiger partial charge in [0.2, 0.25) is 0 Å². The molecule has 5 heteroatoms. The summed E-state index contributed by atoms with van der Waals surface area (Å²) in [6, 6.07) is 5.48. The Morgan fingerprint density at radius 2 is 1.57 bits per heavy atom. The molecule has 1 heterocycles. The Labute approximate surface area is 128 Å². The first-order valence-electron chi connectivity index (χ1n) is 6.87. The molecule has 0 aromatic heterocycles. The number of benzene rings is 1. The first-order valence-corrected chi connectivity index (χ1v) is 7.75. The number of amides is 2. The molecule has 0 spiro atoms. The summed E-state index contributed by atoms with van der Waals surface area (Å²) in [7, 11) is 0. The molecule has 2 amide bonds. The summed E-state index contributed by atoms with van der Waals surface area (Å²) in [5.41, 5.74) is 0.966. The summed E-state index contributed by atoms with van der Waals surface area (Å²) in [6.07, 6.45) is 0. The van der Waals surface area contributed by atoms with Crippen LogP contribution in [0.1, 0.15) is 33.3 Å². The molecular formula is C16H18FNO2S. The van der Waals surface area contributed by atoms with Gasteiger partial charge >= 0.3 is 0 Å². The van der Waals surface area contributed by atoms with Crippen molar-refractivity contribution in [2.24, 2.45) is 0 Å². The lowest BCUT2D eigenvalue weighted by Gasteiger charge is -2.19. The predicted molar refractivity (Wildman–Crippen MR) is 83.0 cm³/mol. The molecule has 1 aliphatic rings. The van der Waals surface area contributed by atoms with E-state index in [2.05, 4.69) is 0 Å². The fourth-order valence-electron chi connectivity index (χ4n) is 2.21. The van der Waals surface area contributed by atoms with Crippen LogP contribution in [0.2, 0.25) is 0 Å². The van der Waals surface area contributed by atoms with E-state index in [1.807, 2.05) is 13.8 Å². The van der Waals surface area contributed by atoms with Crippen molar-refractivity contribution in [3.8, 4) is 0 Å². The average molecular weight is 307 g/mol. The van der Waals surface area contributed by atoms with E-state index in [1.165, 1.54) is 28.8 Å². The highest BCUT2D eigenvalue weighted by atomic mass is 32.2. The zero-order valence-electron chi connectivity index (χ0n) is 12.5. The molecule has 0 saturated carbocycles. The zero-order valence-corrected chi connectivity index (χ0v) is 13.3. The minimum Gasteiger partial charge on any atom is -0.271 e. The van der Waals surface area contributed by atoms with E-state index in [1.54, 1.807) is 26.0 Å². The fraction of sp³-hybridized carbons (Fsp3) is 0.375. The van der Waals surface area contributed by atoms with E-state index >= 15 is 0 Å². The summed E-state index contributed by atoms with van der Waals surface area (Å²) < 4.78 is 13.1. The molecule has 0 aliphatic carbocycles. The molecule has 21 heavy (non-hydrogen) atoms. The molecule has 0 saturated heterocycles. The van der Waals surface area contributed by atoms with Crippen LogP contribution < -0.4 is 0 Å². The third-order valence-corrected chi connectivity index (χ3v) is 4.16. The second-order valence-corrected chi connectivity index (χ2v) is 7.04. The average Bonchev–Trinajstić information content (AvgIpc) is 2.62. The molecule has 1 aliphatic heterocycles. The Morgan fingerprint density at radius 3 is 2.05 bits per heavy atom. The molecular weight excluding hydrogens is 289 g/mol. The van der Waals surface area contributed by atoms with Crippen LogP contribution in [-0.4, -0.2) is 28.0 Å². The number of hydrogen-bond donors (Lipinski definition) is 0. The monoisotopic (exact) mass is 307 g/mol. The van der Waals surface area contributed by atoms with E-state index in [0.717, 1.165) is 0 Å². The van der Waals surface area contributed by atoms with Crippen LogP contribution in [0, 0.1) is 5.82 Å². The van der Waals surface area contributed by atoms with E-state index in [9.17, 15) is 14.0 Å². The summed E-state index contributed by atoms with van der Waals surface area (Å²) in [4.78, 5) is 26.8. The Hall–Kier alpha value is -1.62. The van der Waals surface area contributed by atoms with E-state index in [-0.39, 0.29) is 28.9 Å². The number of nitrogens with zero attached hydrogens (tertiary/aromatic N) is 1. The van der Waals surface area contributed by atoms with Crippen LogP contribution in [0.15, 0.2) is 29.2 Å². The first kappa shape index (κ1) is 15.8. The van der Waals surface area contributed by atoms with Crippen molar-refractivity contribution in [3.63, 3.8) is 0 Å². The maximum absolute atomic E-state index is 13.1. The Balaban J connectivity index is 2.54. The number of carbonyl (C=O) groups is 2. The van der Waals surface area contributed by atoms with Gasteiger partial charge in [-0.3, -0.25) is 14.5 Å². The van der Waals surface area contributed by atoms with Crippen LogP contribution in [0.5, 0.6) is 0 Å². The molecule has 2 rings (SSSR count). The summed E-state index contributed by atoms with van der Waals surface area (Å²) >= 11 is 1.38. The Morgan fingerprint density at radius 1 is 1.00 bits per heavy atom. The fourth-order valence-corrected chi connectivity index (χ4v) is 3.20. The molecule has 0 N–H and O–H groups in total. The van der Waals surface area contributed by atoms with Crippen LogP contribution in [-0.2, 0) is 9.59 Å². The molecule has 1 aromatic carbocycles. The van der Waals surface area contributed by atoms with Crippen molar-refractivity contribution in [3.05, 3.63) is 40.6 Å². The van der Waals surface area contributed by atoms with Crippen molar-refractivity contribution in [1.29, 1.82) is 0 Å². The minimum atomic E-state index is -0.366. The number of hydrogen-bond acceptors (Lipinski definition) is 3. The maximum atomic E-state index is 13.1. The minimum absolute atomic E-state index is 0.180. The normalized spacial score (nSPS) is 15.9. The van der Waals surface area contributed by atoms with Gasteiger partial charge in [-0.2, -0.15) is 0 Å². The second kappa shape index (κ2) is 6.02. The SMILES string of the molecule is CC(C)SC1=C(c2ccc(F)cc2)C(=O)N(C(C)C)C1=O. The standard InChI is InChI=1S/C16H18FNO2S/c1-9(2)18-15(19)13(11-5-7-12(17)8-6-11)14(16(18)20)21-10(3)4/h5-10H,1-4H3. The molecule has 0 bridgehead atoms. The summed E-state index contributed by atoms with van der Waals surface area (Å²) in [5, 5.41) is 0.180. The van der Waals surface area contributed by atoms with Gasteiger partial charge in [0.25, 0.3) is 11.8 Å². The van der Waals surface area contributed by atoms with E-state index in [0.29, 0.717) is 16.0 Å². The Bertz CT molecular complexity index is 605. The van der Waals surface area contributed by atoms with Crippen LogP contribution >= 0.6 is 11.8 Å². The van der Waals surface area contributed by atoms with Crippen LogP contribution in [0.3, 0.4) is 0 Å². The van der Waals surface area contributed by atoms with Crippen molar-refractivity contribution in [1.82, 2.24) is 4.90 Å². The van der Waals surface area contributed by atoms with Crippen molar-refractivity contribution >= 4 is 29.1 Å². The van der Waals surface area contributed by atoms with Crippen LogP contribution in [0.4, 0.5) is 4.39 Å². The van der Waals surface area contributed by atoms with Crippen molar-refractivity contribution < 1.29 is 14.0 Å². The Kier molecular flexibility index (Phi) is 4.52. The van der Waals surface area contributed by atoms with Crippen LogP contribution in [0.25, 0.3) is 5.57 Å². The summed E-state index contributed by atoms with van der Waals surface area (Å²) in [6.45, 7) is 7.55. The van der Waals surface area contributed by atoms with Gasteiger partial charge in [-0.05, 0) is 31.5 Å². The highest BCUT2D eigenvalue weighted by molar-refractivity contribution is 8.04. The summed E-state index contributed by atoms with van der Waals surface area (Å²) in [5.74, 6) is -0.923. The quantitative estimate of drug-likeness (QED) is 0.800. The zero-order chi connectivity index (χ0) is 15.7. The van der Waals surface area contributed by atoms with E-state index in [4.69, 9.17) is 0 Å². The number of rotatable bonds is 4. The second-order valence-electron chi connectivity index (χ2n) is 5.45. The highest BCUT2D eigenvalue weighted by Gasteiger charge is 2.40. The van der Waals surface area contributed by atoms with E-state index < -0.39 is 0 Å². The van der Waals surface area contributed by atoms with Gasteiger partial charge in [-0.25, -0.2) is 4.39 Å². The number of halogens is 1. The molecule has 0 radical (unpaired) electrons. The maximum Gasteiger partial charge on any atom is 0.268 e. The first-order chi connectivity index (χ1) is 9.82. The smallest absolute Gasteiger partial charge is 0.268 e. The molecule has 0 atom stereocenters. The topological polar surface area (TPSA) is 37.4 Å². The van der Waals surface area contributed by atoms with Gasteiger partial charge in [-0.1, -0.05) is 26.0 Å². The van der Waals surface area contributed by atoms with Gasteiger partial charge in [0.05, 0.1) is 10.5 Å². The number of imide groups is 1. The molecule has 0 fully saturated rings. The molecule has 112 valence electrons. The lowest BCUT2D eigenvalue weighted by molar-refractivity contribution is -0.138. The van der Waals surface area contributed by atoms with Crippen molar-refractivity contribution in [2.75, 3.05) is 0 Å². The predicted octanol–water partition coefficient (Wildman–Crippen LogP) is 3.46. The van der Waals surface area contributed by atoms with Gasteiger partial charge < -0.3 is 0 Å². The highest BCUT2D eigenvalue weighted by Crippen LogP contribution is 2.38. The third-order valence-electron chi connectivity index (χ3n) is 3.08. The molecule has 3 nitrogen and oxygen atoms in total. The van der Waals surface area contributed by atoms with Gasteiger partial charge in [0.15, 0.2) is 0 Å². The van der Waals surface area contributed by atoms with Gasteiger partial charge in [0.1, 0.15) is 5.82 Å². The molecule has 0 unspecified atom stereocenters. The lowest BCUT2D eigenvalue weighted by Crippen LogP contribution is -2.37.